The lowest BCUT2D eigenvalue weighted by molar-refractivity contribution is 0.0684. The molecule has 40 heavy (non-hydrogen) atoms. The third-order valence-corrected chi connectivity index (χ3v) is 6.04. The average molecular weight is 542 g/mol. The highest BCUT2D eigenvalue weighted by Crippen LogP contribution is 2.31. The quantitative estimate of drug-likeness (QED) is 0.141. The number of amides is 2. The van der Waals surface area contributed by atoms with Crippen molar-refractivity contribution in [3.63, 3.8) is 0 Å². The van der Waals surface area contributed by atoms with Gasteiger partial charge in [0.2, 0.25) is 0 Å². The van der Waals surface area contributed by atoms with Crippen molar-refractivity contribution >= 4 is 71.1 Å². The van der Waals surface area contributed by atoms with E-state index in [0.29, 0.717) is 0 Å². The lowest BCUT2D eigenvalue weighted by atomic mass is 9.80. The van der Waals surface area contributed by atoms with Crippen LogP contribution >= 0.6 is 0 Å². The standard InChI is InChI=1S/C26H20B2N2O10/c31-23(29-15-5-1-13(2-6-15)27(37)38)17-9-10-18(24(32)30-16-7-3-14(4-8-16)28(39)40)22-20(26(35)36)12-11-19(21(17)22)25(33)34/h1-12,37-40H,(H,29,31)(H,30,32)(H,33,34)(H,35,36). The van der Waals surface area contributed by atoms with Gasteiger partial charge in [0, 0.05) is 33.3 Å². The zero-order chi connectivity index (χ0) is 29.1. The Balaban J connectivity index is 1.83. The molecule has 0 aliphatic rings. The van der Waals surface area contributed by atoms with E-state index < -0.39 is 49.1 Å². The number of nitrogens with one attached hydrogen (secondary N) is 2. The molecule has 0 spiro atoms. The lowest BCUT2D eigenvalue weighted by Crippen LogP contribution is -2.29. The van der Waals surface area contributed by atoms with Crippen LogP contribution in [0, 0.1) is 0 Å². The maximum atomic E-state index is 13.3. The van der Waals surface area contributed by atoms with Crippen molar-refractivity contribution in [1.29, 1.82) is 0 Å². The van der Waals surface area contributed by atoms with E-state index in [4.69, 9.17) is 0 Å². The summed E-state index contributed by atoms with van der Waals surface area (Å²) in [5, 5.41) is 61.3. The monoisotopic (exact) mass is 542 g/mol. The Hall–Kier alpha value is -5.01. The van der Waals surface area contributed by atoms with Crippen LogP contribution in [0.3, 0.4) is 0 Å². The van der Waals surface area contributed by atoms with Crippen LogP contribution in [0.1, 0.15) is 41.4 Å². The van der Waals surface area contributed by atoms with E-state index in [-0.39, 0.29) is 44.2 Å². The van der Waals surface area contributed by atoms with E-state index in [1.165, 1.54) is 60.7 Å². The van der Waals surface area contributed by atoms with Gasteiger partial charge >= 0.3 is 26.2 Å². The number of rotatable bonds is 8. The number of fused-ring (bicyclic) bond motifs is 1. The minimum Gasteiger partial charge on any atom is -0.478 e. The Labute approximate surface area is 226 Å². The van der Waals surface area contributed by atoms with Gasteiger partial charge in [-0.05, 0) is 59.5 Å². The summed E-state index contributed by atoms with van der Waals surface area (Å²) in [5.41, 5.74) is -0.487. The van der Waals surface area contributed by atoms with Gasteiger partial charge in [-0.3, -0.25) is 9.59 Å². The minimum atomic E-state index is -1.72. The van der Waals surface area contributed by atoms with Crippen LogP contribution in [0.15, 0.2) is 72.8 Å². The van der Waals surface area contributed by atoms with Gasteiger partial charge in [-0.15, -0.1) is 0 Å². The normalized spacial score (nSPS) is 10.6. The van der Waals surface area contributed by atoms with Gasteiger partial charge in [-0.25, -0.2) is 9.59 Å². The molecule has 2 amide bonds. The molecule has 0 fully saturated rings. The smallest absolute Gasteiger partial charge is 0.478 e. The third kappa shape index (κ3) is 5.70. The number of benzene rings is 4. The van der Waals surface area contributed by atoms with Gasteiger partial charge in [-0.1, -0.05) is 24.3 Å². The second kappa shape index (κ2) is 11.4. The number of carboxylic acids is 2. The molecule has 0 radical (unpaired) electrons. The minimum absolute atomic E-state index is 0.167. The molecule has 12 nitrogen and oxygen atoms in total. The molecular formula is C26H20B2N2O10. The first kappa shape index (κ1) is 28.0. The van der Waals surface area contributed by atoms with Gasteiger partial charge < -0.3 is 40.9 Å². The molecule has 4 rings (SSSR count). The van der Waals surface area contributed by atoms with Crippen molar-refractivity contribution in [3.05, 3.63) is 95.1 Å². The highest BCUT2D eigenvalue weighted by molar-refractivity contribution is 6.59. The largest absolute Gasteiger partial charge is 0.488 e. The molecule has 4 aromatic carbocycles. The van der Waals surface area contributed by atoms with Gasteiger partial charge in [-0.2, -0.15) is 0 Å². The first-order valence-corrected chi connectivity index (χ1v) is 11.6. The molecular weight excluding hydrogens is 522 g/mol. The molecule has 0 aromatic heterocycles. The topological polar surface area (TPSA) is 214 Å². The van der Waals surface area contributed by atoms with Crippen molar-refractivity contribution in [1.82, 2.24) is 0 Å². The van der Waals surface area contributed by atoms with E-state index in [0.717, 1.165) is 12.1 Å². The molecule has 0 saturated carbocycles. The number of carbonyl (C=O) groups excluding carboxylic acids is 2. The zero-order valence-corrected chi connectivity index (χ0v) is 20.4. The number of anilines is 2. The van der Waals surface area contributed by atoms with Crippen molar-refractivity contribution in [3.8, 4) is 0 Å². The molecule has 0 heterocycles. The summed E-state index contributed by atoms with van der Waals surface area (Å²) in [6.45, 7) is 0. The molecule has 4 aromatic rings. The Kier molecular flexibility index (Phi) is 7.98. The predicted molar refractivity (Wildman–Crippen MR) is 146 cm³/mol. The maximum Gasteiger partial charge on any atom is 0.488 e. The van der Waals surface area contributed by atoms with Crippen molar-refractivity contribution in [2.75, 3.05) is 10.6 Å². The van der Waals surface area contributed by atoms with Crippen LogP contribution in [0.2, 0.25) is 0 Å². The highest BCUT2D eigenvalue weighted by Gasteiger charge is 2.26. The van der Waals surface area contributed by atoms with Gasteiger partial charge in [0.25, 0.3) is 11.8 Å². The summed E-state index contributed by atoms with van der Waals surface area (Å²) < 4.78 is 0. The molecule has 200 valence electrons. The average Bonchev–Trinajstić information content (AvgIpc) is 2.92. The number of hydrogen-bond donors (Lipinski definition) is 8. The van der Waals surface area contributed by atoms with Crippen molar-refractivity contribution < 1.29 is 49.5 Å². The SMILES string of the molecule is O=C(O)c1ccc(C(=O)O)c2c(C(=O)Nc3ccc(B(O)O)cc3)ccc(C(=O)Nc3ccc(B(O)O)cc3)c12. The highest BCUT2D eigenvalue weighted by atomic mass is 16.4. The van der Waals surface area contributed by atoms with E-state index in [1.54, 1.807) is 0 Å². The Morgan fingerprint density at radius 1 is 0.475 bits per heavy atom. The fourth-order valence-corrected chi connectivity index (χ4v) is 4.10. The van der Waals surface area contributed by atoms with E-state index in [2.05, 4.69) is 10.6 Å². The molecule has 0 atom stereocenters. The second-order valence-electron chi connectivity index (χ2n) is 8.58. The Bertz CT molecular complexity index is 1520. The van der Waals surface area contributed by atoms with Crippen molar-refractivity contribution in [2.45, 2.75) is 0 Å². The van der Waals surface area contributed by atoms with Crippen molar-refractivity contribution in [2.24, 2.45) is 0 Å². The van der Waals surface area contributed by atoms with Crippen LogP contribution in [0.4, 0.5) is 11.4 Å². The summed E-state index contributed by atoms with van der Waals surface area (Å²) in [4.78, 5) is 50.8. The van der Waals surface area contributed by atoms with E-state index in [1.807, 2.05) is 0 Å². The second-order valence-corrected chi connectivity index (χ2v) is 8.58. The predicted octanol–water partition coefficient (Wildman–Crippen LogP) is 0.100. The van der Waals surface area contributed by atoms with Crippen LogP contribution in [0.5, 0.6) is 0 Å². The van der Waals surface area contributed by atoms with Crippen LogP contribution in [-0.4, -0.2) is 68.3 Å². The molecule has 0 bridgehead atoms. The summed E-state index contributed by atoms with van der Waals surface area (Å²) in [6.07, 6.45) is 0. The van der Waals surface area contributed by atoms with Crippen LogP contribution in [-0.2, 0) is 0 Å². The Morgan fingerprint density at radius 2 is 0.775 bits per heavy atom. The summed E-state index contributed by atoms with van der Waals surface area (Å²) in [5.74, 6) is -4.55. The number of carboxylic acid groups (broad SMARTS) is 2. The first-order valence-electron chi connectivity index (χ1n) is 11.6. The van der Waals surface area contributed by atoms with Gasteiger partial charge in [0.05, 0.1) is 11.1 Å². The summed E-state index contributed by atoms with van der Waals surface area (Å²) >= 11 is 0. The molecule has 0 unspecified atom stereocenters. The molecule has 8 N–H and O–H groups in total. The number of aromatic carboxylic acids is 2. The zero-order valence-electron chi connectivity index (χ0n) is 20.4. The number of carbonyl (C=O) groups is 4. The van der Waals surface area contributed by atoms with Crippen LogP contribution < -0.4 is 21.6 Å². The van der Waals surface area contributed by atoms with Gasteiger partial charge in [0.1, 0.15) is 0 Å². The lowest BCUT2D eigenvalue weighted by Gasteiger charge is -2.16. The fraction of sp³-hybridized carbons (Fsp3) is 0. The summed E-state index contributed by atoms with van der Waals surface area (Å²) in [7, 11) is -3.45. The molecule has 0 aliphatic carbocycles. The molecule has 0 aliphatic heterocycles. The molecule has 0 saturated heterocycles. The number of hydrogen-bond acceptors (Lipinski definition) is 8. The maximum absolute atomic E-state index is 13.3. The first-order chi connectivity index (χ1) is 19.0. The summed E-state index contributed by atoms with van der Waals surface area (Å²) in [6, 6.07) is 15.4. The fourth-order valence-electron chi connectivity index (χ4n) is 4.10. The van der Waals surface area contributed by atoms with Crippen LogP contribution in [0.25, 0.3) is 10.8 Å². The third-order valence-electron chi connectivity index (χ3n) is 6.04. The molecule has 14 heteroatoms. The van der Waals surface area contributed by atoms with E-state index in [9.17, 15) is 49.5 Å². The van der Waals surface area contributed by atoms with E-state index >= 15 is 0 Å². The van der Waals surface area contributed by atoms with Gasteiger partial charge in [0.15, 0.2) is 0 Å². The Morgan fingerprint density at radius 3 is 1.05 bits per heavy atom.